The van der Waals surface area contributed by atoms with E-state index in [0.29, 0.717) is 12.3 Å². The molecule has 0 N–H and O–H groups in total. The lowest BCUT2D eigenvalue weighted by molar-refractivity contribution is -0.133. The normalized spacial score (nSPS) is 15.0. The average molecular weight is 497 g/mol. The number of carbonyl (C=O) groups is 1. The van der Waals surface area contributed by atoms with E-state index in [9.17, 15) is 4.79 Å². The van der Waals surface area contributed by atoms with Crippen molar-refractivity contribution in [1.29, 1.82) is 0 Å². The van der Waals surface area contributed by atoms with Crippen molar-refractivity contribution < 1.29 is 9.53 Å². The Kier molecular flexibility index (Phi) is 6.51. The minimum absolute atomic E-state index is 0.263. The molecular weight excluding hydrogens is 468 g/mol. The van der Waals surface area contributed by atoms with Crippen LogP contribution in [0.4, 0.5) is 0 Å². The molecule has 34 heavy (non-hydrogen) atoms. The molecule has 2 aromatic heterocycles. The highest BCUT2D eigenvalue weighted by molar-refractivity contribution is 7.23. The topological polar surface area (TPSA) is 50.1 Å². The molecule has 5 rings (SSSR count). The summed E-state index contributed by atoms with van der Waals surface area (Å²) in [5.74, 6) is 1.46. The fourth-order valence-corrected chi connectivity index (χ4v) is 5.91. The van der Waals surface area contributed by atoms with E-state index >= 15 is 0 Å². The number of thiazole rings is 1. The number of halogens is 1. The zero-order chi connectivity index (χ0) is 23.8. The number of aromatic nitrogens is 2. The summed E-state index contributed by atoms with van der Waals surface area (Å²) in [5.41, 5.74) is 4.28. The van der Waals surface area contributed by atoms with Crippen LogP contribution in [0.15, 0.2) is 42.5 Å². The number of amides is 1. The van der Waals surface area contributed by atoms with Gasteiger partial charge in [0, 0.05) is 49.7 Å². The molecule has 0 bridgehead atoms. The van der Waals surface area contributed by atoms with Crippen molar-refractivity contribution in [1.82, 2.24) is 19.2 Å². The van der Waals surface area contributed by atoms with Crippen molar-refractivity contribution in [3.63, 3.8) is 0 Å². The molecule has 3 heterocycles. The smallest absolute Gasteiger partial charge is 0.222 e. The Hall–Kier alpha value is -2.61. The summed E-state index contributed by atoms with van der Waals surface area (Å²) < 4.78 is 8.86. The van der Waals surface area contributed by atoms with E-state index in [0.717, 1.165) is 75.6 Å². The molecule has 1 aliphatic rings. The average Bonchev–Trinajstić information content (AvgIpc) is 3.35. The molecule has 1 saturated heterocycles. The SMILES string of the molecule is COc1cccc(-c2nc3sc4cc(Cl)ccc4n3c2CN2CCN(C(=O)CC(C)C)CC2)c1. The summed E-state index contributed by atoms with van der Waals surface area (Å²) in [4.78, 5) is 23.0. The number of rotatable bonds is 6. The zero-order valence-corrected chi connectivity index (χ0v) is 21.3. The summed E-state index contributed by atoms with van der Waals surface area (Å²) in [6.07, 6.45) is 0.618. The number of imidazole rings is 1. The van der Waals surface area contributed by atoms with E-state index in [-0.39, 0.29) is 5.91 Å². The minimum Gasteiger partial charge on any atom is -0.497 e. The van der Waals surface area contributed by atoms with Crippen molar-refractivity contribution in [3.8, 4) is 17.0 Å². The Labute approximate surface area is 208 Å². The second-order valence-corrected chi connectivity index (χ2v) is 10.7. The lowest BCUT2D eigenvalue weighted by Crippen LogP contribution is -2.48. The van der Waals surface area contributed by atoms with Crippen LogP contribution < -0.4 is 4.74 Å². The predicted molar refractivity (Wildman–Crippen MR) is 139 cm³/mol. The first-order valence-electron chi connectivity index (χ1n) is 11.7. The molecule has 0 saturated carbocycles. The zero-order valence-electron chi connectivity index (χ0n) is 19.8. The number of hydrogen-bond donors (Lipinski definition) is 0. The Morgan fingerprint density at radius 1 is 1.15 bits per heavy atom. The van der Waals surface area contributed by atoms with E-state index < -0.39 is 0 Å². The predicted octanol–water partition coefficient (Wildman–Crippen LogP) is 5.57. The minimum atomic E-state index is 0.263. The Balaban J connectivity index is 1.49. The molecule has 0 spiro atoms. The molecule has 6 nitrogen and oxygen atoms in total. The standard InChI is InChI=1S/C26H29ClN4O2S/c1-17(2)13-24(32)30-11-9-29(10-12-30)16-22-25(18-5-4-6-20(14-18)33-3)28-26-31(22)21-8-7-19(27)15-23(21)34-26/h4-8,14-15,17H,9-13,16H2,1-3H3. The van der Waals surface area contributed by atoms with Crippen LogP contribution >= 0.6 is 22.9 Å². The van der Waals surface area contributed by atoms with Gasteiger partial charge in [-0.15, -0.1) is 0 Å². The number of methoxy groups -OCH3 is 1. The molecule has 2 aromatic carbocycles. The summed E-state index contributed by atoms with van der Waals surface area (Å²) in [6.45, 7) is 8.18. The molecule has 178 valence electrons. The summed E-state index contributed by atoms with van der Waals surface area (Å²) >= 11 is 7.91. The molecule has 1 fully saturated rings. The number of carbonyl (C=O) groups excluding carboxylic acids is 1. The third kappa shape index (κ3) is 4.52. The van der Waals surface area contributed by atoms with Crippen LogP contribution in [0.3, 0.4) is 0 Å². The third-order valence-electron chi connectivity index (χ3n) is 6.33. The van der Waals surface area contributed by atoms with Gasteiger partial charge in [-0.05, 0) is 36.2 Å². The fourth-order valence-electron chi connectivity index (χ4n) is 4.59. The van der Waals surface area contributed by atoms with Crippen LogP contribution in [0, 0.1) is 5.92 Å². The van der Waals surface area contributed by atoms with E-state index in [1.165, 1.54) is 0 Å². The molecule has 1 amide bonds. The first-order valence-corrected chi connectivity index (χ1v) is 12.9. The maximum absolute atomic E-state index is 12.5. The second kappa shape index (κ2) is 9.56. The number of nitrogens with zero attached hydrogens (tertiary/aromatic N) is 4. The number of ether oxygens (including phenoxy) is 1. The van der Waals surface area contributed by atoms with Gasteiger partial charge in [0.1, 0.15) is 5.75 Å². The van der Waals surface area contributed by atoms with Crippen LogP contribution in [0.25, 0.3) is 26.4 Å². The van der Waals surface area contributed by atoms with Gasteiger partial charge in [-0.1, -0.05) is 48.9 Å². The fraction of sp³-hybridized carbons (Fsp3) is 0.385. The van der Waals surface area contributed by atoms with Crippen LogP contribution in [-0.4, -0.2) is 58.4 Å². The second-order valence-electron chi connectivity index (χ2n) is 9.23. The molecule has 8 heteroatoms. The summed E-state index contributed by atoms with van der Waals surface area (Å²) in [5, 5.41) is 0.730. The number of piperazine rings is 1. The van der Waals surface area contributed by atoms with Crippen molar-refractivity contribution in [2.75, 3.05) is 33.3 Å². The van der Waals surface area contributed by atoms with E-state index in [2.05, 4.69) is 35.3 Å². The first kappa shape index (κ1) is 23.1. The summed E-state index contributed by atoms with van der Waals surface area (Å²) in [6, 6.07) is 14.1. The number of hydrogen-bond acceptors (Lipinski definition) is 5. The monoisotopic (exact) mass is 496 g/mol. The Bertz CT molecular complexity index is 1340. The Morgan fingerprint density at radius 3 is 2.68 bits per heavy atom. The van der Waals surface area contributed by atoms with Crippen molar-refractivity contribution in [3.05, 3.63) is 53.2 Å². The van der Waals surface area contributed by atoms with Gasteiger partial charge >= 0.3 is 0 Å². The molecule has 0 atom stereocenters. The number of benzene rings is 2. The van der Waals surface area contributed by atoms with Crippen LogP contribution in [-0.2, 0) is 11.3 Å². The lowest BCUT2D eigenvalue weighted by atomic mass is 10.1. The molecule has 4 aromatic rings. The van der Waals surface area contributed by atoms with Gasteiger partial charge in [0.05, 0.1) is 28.7 Å². The van der Waals surface area contributed by atoms with Gasteiger partial charge < -0.3 is 9.64 Å². The maximum atomic E-state index is 12.5. The van der Waals surface area contributed by atoms with Gasteiger partial charge in [-0.3, -0.25) is 14.1 Å². The maximum Gasteiger partial charge on any atom is 0.222 e. The highest BCUT2D eigenvalue weighted by Gasteiger charge is 2.25. The van der Waals surface area contributed by atoms with Crippen LogP contribution in [0.1, 0.15) is 26.0 Å². The van der Waals surface area contributed by atoms with Gasteiger partial charge in [0.25, 0.3) is 0 Å². The van der Waals surface area contributed by atoms with Crippen LogP contribution in [0.2, 0.25) is 5.02 Å². The highest BCUT2D eigenvalue weighted by atomic mass is 35.5. The molecule has 0 radical (unpaired) electrons. The number of fused-ring (bicyclic) bond motifs is 3. The summed E-state index contributed by atoms with van der Waals surface area (Å²) in [7, 11) is 1.68. The molecule has 1 aliphatic heterocycles. The molecular formula is C26H29ClN4O2S. The third-order valence-corrected chi connectivity index (χ3v) is 7.57. The van der Waals surface area contributed by atoms with Crippen molar-refractivity contribution in [2.24, 2.45) is 5.92 Å². The van der Waals surface area contributed by atoms with E-state index in [4.69, 9.17) is 21.3 Å². The van der Waals surface area contributed by atoms with Crippen molar-refractivity contribution >= 4 is 44.0 Å². The highest BCUT2D eigenvalue weighted by Crippen LogP contribution is 2.35. The van der Waals surface area contributed by atoms with Gasteiger partial charge in [-0.2, -0.15) is 0 Å². The quantitative estimate of drug-likeness (QED) is 0.350. The van der Waals surface area contributed by atoms with E-state index in [1.54, 1.807) is 18.4 Å². The van der Waals surface area contributed by atoms with Crippen molar-refractivity contribution in [2.45, 2.75) is 26.8 Å². The Morgan fingerprint density at radius 2 is 1.94 bits per heavy atom. The van der Waals surface area contributed by atoms with Gasteiger partial charge in [0.2, 0.25) is 5.91 Å². The lowest BCUT2D eigenvalue weighted by Gasteiger charge is -2.35. The molecule has 0 aliphatic carbocycles. The van der Waals surface area contributed by atoms with Gasteiger partial charge in [0.15, 0.2) is 4.96 Å². The first-order chi connectivity index (χ1) is 16.4. The largest absolute Gasteiger partial charge is 0.497 e. The van der Waals surface area contributed by atoms with Crippen LogP contribution in [0.5, 0.6) is 5.75 Å². The van der Waals surface area contributed by atoms with Gasteiger partial charge in [-0.25, -0.2) is 4.98 Å². The van der Waals surface area contributed by atoms with E-state index in [1.807, 2.05) is 35.2 Å². The molecule has 0 unspecified atom stereocenters.